The summed E-state index contributed by atoms with van der Waals surface area (Å²) >= 11 is 0. The molecule has 1 heterocycles. The molecular formula is C8H13FO3. The van der Waals surface area contributed by atoms with Gasteiger partial charge in [0, 0.05) is 19.6 Å². The number of hydrogen-bond acceptors (Lipinski definition) is 3. The molecule has 0 aromatic rings. The van der Waals surface area contributed by atoms with E-state index in [2.05, 4.69) is 4.74 Å². The summed E-state index contributed by atoms with van der Waals surface area (Å²) in [6.07, 6.45) is -0.395. The van der Waals surface area contributed by atoms with Gasteiger partial charge in [-0.2, -0.15) is 0 Å². The molecular weight excluding hydrogens is 163 g/mol. The topological polar surface area (TPSA) is 35.5 Å². The summed E-state index contributed by atoms with van der Waals surface area (Å²) < 4.78 is 22.7. The zero-order valence-electron chi connectivity index (χ0n) is 7.09. The maximum absolute atomic E-state index is 13.2. The fraction of sp³-hybridized carbons (Fsp3) is 0.875. The van der Waals surface area contributed by atoms with E-state index in [1.54, 1.807) is 0 Å². The van der Waals surface area contributed by atoms with Gasteiger partial charge in [-0.15, -0.1) is 0 Å². The lowest BCUT2D eigenvalue weighted by molar-refractivity contribution is -0.148. The number of methoxy groups -OCH3 is 1. The number of carbonyl (C=O) groups is 1. The molecule has 0 aromatic carbocycles. The highest BCUT2D eigenvalue weighted by atomic mass is 19.1. The van der Waals surface area contributed by atoms with Crippen molar-refractivity contribution in [3.63, 3.8) is 0 Å². The summed E-state index contributed by atoms with van der Waals surface area (Å²) in [6.45, 7) is 0.842. The average Bonchev–Trinajstić information content (AvgIpc) is 2.28. The molecule has 1 fully saturated rings. The number of halogens is 1. The third-order valence-electron chi connectivity index (χ3n) is 2.05. The van der Waals surface area contributed by atoms with E-state index in [1.807, 2.05) is 0 Å². The molecule has 1 aliphatic rings. The molecule has 1 aliphatic heterocycles. The maximum Gasteiger partial charge on any atom is 0.311 e. The van der Waals surface area contributed by atoms with Crippen LogP contribution in [0.3, 0.4) is 0 Å². The van der Waals surface area contributed by atoms with Crippen molar-refractivity contribution in [2.45, 2.75) is 19.0 Å². The summed E-state index contributed by atoms with van der Waals surface area (Å²) in [5.74, 6) is -1.09. The van der Waals surface area contributed by atoms with Crippen molar-refractivity contribution in [1.82, 2.24) is 0 Å². The number of carbonyl (C=O) groups excluding carboxylic acids is 1. The number of hydrogen-bond donors (Lipinski definition) is 0. The zero-order valence-corrected chi connectivity index (χ0v) is 7.09. The van der Waals surface area contributed by atoms with E-state index in [-0.39, 0.29) is 0 Å². The van der Waals surface area contributed by atoms with E-state index >= 15 is 0 Å². The number of alkyl halides is 1. The van der Waals surface area contributed by atoms with Crippen molar-refractivity contribution in [2.75, 3.05) is 20.3 Å². The van der Waals surface area contributed by atoms with Crippen LogP contribution in [0, 0.1) is 5.92 Å². The van der Waals surface area contributed by atoms with Crippen molar-refractivity contribution in [1.29, 1.82) is 0 Å². The molecule has 0 saturated carbocycles. The van der Waals surface area contributed by atoms with Gasteiger partial charge >= 0.3 is 5.97 Å². The van der Waals surface area contributed by atoms with Crippen LogP contribution in [0.25, 0.3) is 0 Å². The van der Waals surface area contributed by atoms with Crippen LogP contribution < -0.4 is 0 Å². The number of ether oxygens (including phenoxy) is 2. The highest BCUT2D eigenvalue weighted by Gasteiger charge is 2.30. The van der Waals surface area contributed by atoms with Crippen molar-refractivity contribution < 1.29 is 18.7 Å². The van der Waals surface area contributed by atoms with E-state index in [4.69, 9.17) is 4.74 Å². The van der Waals surface area contributed by atoms with Crippen molar-refractivity contribution in [3.8, 4) is 0 Å². The Morgan fingerprint density at radius 3 is 2.83 bits per heavy atom. The third kappa shape index (κ3) is 2.17. The van der Waals surface area contributed by atoms with Crippen LogP contribution in [0.5, 0.6) is 0 Å². The van der Waals surface area contributed by atoms with Crippen LogP contribution in [0.4, 0.5) is 4.39 Å². The highest BCUT2D eigenvalue weighted by molar-refractivity contribution is 5.72. The van der Waals surface area contributed by atoms with Crippen molar-refractivity contribution in [2.24, 2.45) is 5.92 Å². The quantitative estimate of drug-likeness (QED) is 0.557. The second-order valence-electron chi connectivity index (χ2n) is 2.84. The predicted octanol–water partition coefficient (Wildman–Crippen LogP) is 0.924. The molecule has 4 heteroatoms. The largest absolute Gasteiger partial charge is 0.469 e. The molecule has 0 aromatic heterocycles. The summed E-state index contributed by atoms with van der Waals surface area (Å²) in [6, 6.07) is 0. The van der Waals surface area contributed by atoms with E-state index in [0.29, 0.717) is 26.1 Å². The fourth-order valence-electron chi connectivity index (χ4n) is 1.31. The fourth-order valence-corrected chi connectivity index (χ4v) is 1.31. The van der Waals surface area contributed by atoms with Crippen LogP contribution in [0.15, 0.2) is 0 Å². The van der Waals surface area contributed by atoms with Gasteiger partial charge in [-0.1, -0.05) is 0 Å². The molecule has 3 nitrogen and oxygen atoms in total. The summed E-state index contributed by atoms with van der Waals surface area (Å²) in [7, 11) is 1.28. The van der Waals surface area contributed by atoms with Crippen LogP contribution in [-0.2, 0) is 14.3 Å². The Morgan fingerprint density at radius 2 is 2.17 bits per heavy atom. The Balaban J connectivity index is 2.52. The molecule has 0 radical (unpaired) electrons. The maximum atomic E-state index is 13.2. The van der Waals surface area contributed by atoms with Crippen LogP contribution in [0.2, 0.25) is 0 Å². The standard InChI is InChI=1S/C8H13FO3/c1-11-8(10)6-2-4-12-5-3-7(6)9/h6-7H,2-5H2,1H3. The first-order chi connectivity index (χ1) is 5.75. The lowest BCUT2D eigenvalue weighted by Crippen LogP contribution is -2.26. The van der Waals surface area contributed by atoms with E-state index in [1.165, 1.54) is 7.11 Å². The second kappa shape index (κ2) is 4.40. The summed E-state index contributed by atoms with van der Waals surface area (Å²) in [4.78, 5) is 11.0. The van der Waals surface area contributed by atoms with Crippen molar-refractivity contribution in [3.05, 3.63) is 0 Å². The minimum Gasteiger partial charge on any atom is -0.469 e. The van der Waals surface area contributed by atoms with Gasteiger partial charge in [0.05, 0.1) is 13.0 Å². The second-order valence-corrected chi connectivity index (χ2v) is 2.84. The van der Waals surface area contributed by atoms with Gasteiger partial charge in [-0.3, -0.25) is 4.79 Å². The first kappa shape index (κ1) is 9.45. The van der Waals surface area contributed by atoms with E-state index < -0.39 is 18.1 Å². The first-order valence-corrected chi connectivity index (χ1v) is 4.05. The monoisotopic (exact) mass is 176 g/mol. The number of esters is 1. The van der Waals surface area contributed by atoms with E-state index in [0.717, 1.165) is 0 Å². The summed E-state index contributed by atoms with van der Waals surface area (Å²) in [5.41, 5.74) is 0. The Labute approximate surface area is 70.8 Å². The molecule has 70 valence electrons. The van der Waals surface area contributed by atoms with Gasteiger partial charge in [0.1, 0.15) is 6.17 Å². The molecule has 1 saturated heterocycles. The molecule has 0 aliphatic carbocycles. The third-order valence-corrected chi connectivity index (χ3v) is 2.05. The zero-order chi connectivity index (χ0) is 8.97. The van der Waals surface area contributed by atoms with Gasteiger partial charge in [0.15, 0.2) is 0 Å². The molecule has 12 heavy (non-hydrogen) atoms. The molecule has 2 atom stereocenters. The Bertz CT molecular complexity index is 160. The number of rotatable bonds is 1. The van der Waals surface area contributed by atoms with Gasteiger partial charge in [-0.05, 0) is 6.42 Å². The van der Waals surface area contributed by atoms with Gasteiger partial charge in [0.25, 0.3) is 0 Å². The molecule has 0 amide bonds. The molecule has 1 rings (SSSR count). The molecule has 0 spiro atoms. The average molecular weight is 176 g/mol. The SMILES string of the molecule is COC(=O)C1CCOCCC1F. The predicted molar refractivity (Wildman–Crippen MR) is 40.5 cm³/mol. The van der Waals surface area contributed by atoms with Gasteiger partial charge in [-0.25, -0.2) is 4.39 Å². The Hall–Kier alpha value is -0.640. The molecule has 0 N–H and O–H groups in total. The van der Waals surface area contributed by atoms with Crippen LogP contribution in [-0.4, -0.2) is 32.5 Å². The van der Waals surface area contributed by atoms with Gasteiger partial charge in [0.2, 0.25) is 0 Å². The highest BCUT2D eigenvalue weighted by Crippen LogP contribution is 2.20. The Morgan fingerprint density at radius 1 is 1.50 bits per heavy atom. The first-order valence-electron chi connectivity index (χ1n) is 4.05. The van der Waals surface area contributed by atoms with Crippen LogP contribution >= 0.6 is 0 Å². The summed E-state index contributed by atoms with van der Waals surface area (Å²) in [5, 5.41) is 0. The Kier molecular flexibility index (Phi) is 3.47. The smallest absolute Gasteiger partial charge is 0.311 e. The van der Waals surface area contributed by atoms with Gasteiger partial charge < -0.3 is 9.47 Å². The van der Waals surface area contributed by atoms with Crippen molar-refractivity contribution >= 4 is 5.97 Å². The minimum atomic E-state index is -1.11. The van der Waals surface area contributed by atoms with E-state index in [9.17, 15) is 9.18 Å². The normalized spacial score (nSPS) is 30.8. The lowest BCUT2D eigenvalue weighted by Gasteiger charge is -2.13. The lowest BCUT2D eigenvalue weighted by atomic mass is 9.99. The molecule has 0 bridgehead atoms. The van der Waals surface area contributed by atoms with Crippen LogP contribution in [0.1, 0.15) is 12.8 Å². The molecule has 2 unspecified atom stereocenters. The minimum absolute atomic E-state index is 0.291.